The van der Waals surface area contributed by atoms with E-state index in [0.717, 1.165) is 17.2 Å². The quantitative estimate of drug-likeness (QED) is 0.519. The van der Waals surface area contributed by atoms with E-state index < -0.39 is 57.9 Å². The first kappa shape index (κ1) is 12.7. The Morgan fingerprint density at radius 2 is 1.68 bits per heavy atom. The Morgan fingerprint density at radius 1 is 1.00 bits per heavy atom. The van der Waals surface area contributed by atoms with Gasteiger partial charge in [0.1, 0.15) is 0 Å². The summed E-state index contributed by atoms with van der Waals surface area (Å²) in [5, 5.41) is 0. The van der Waals surface area contributed by atoms with Crippen LogP contribution in [0.5, 0.6) is 23.0 Å². The lowest BCUT2D eigenvalue weighted by Gasteiger charge is -2.34. The molecule has 1 atom stereocenters. The van der Waals surface area contributed by atoms with Crippen molar-refractivity contribution in [2.45, 2.75) is 31.6 Å². The van der Waals surface area contributed by atoms with Gasteiger partial charge in [0.05, 0.1) is 42.9 Å². The number of hydrogen-bond acceptors (Lipinski definition) is 6. The van der Waals surface area contributed by atoms with Gasteiger partial charge >= 0.3 is 0 Å². The van der Waals surface area contributed by atoms with Crippen LogP contribution in [-0.4, -0.2) is 77.1 Å². The lowest BCUT2D eigenvalue weighted by Crippen LogP contribution is -2.36. The first-order chi connectivity index (χ1) is 21.5. The molecule has 1 unspecified atom stereocenters. The monoisotopic (exact) mass is 481 g/mol. The number of rotatable bonds is 10. The molecule has 0 spiro atoms. The van der Waals surface area contributed by atoms with Gasteiger partial charge < -0.3 is 28.7 Å². The number of amides is 1. The van der Waals surface area contributed by atoms with Crippen molar-refractivity contribution < 1.29 is 41.6 Å². The highest BCUT2D eigenvalue weighted by molar-refractivity contribution is 5.80. The highest BCUT2D eigenvalue weighted by Crippen LogP contribution is 2.42. The fourth-order valence-corrected chi connectivity index (χ4v) is 4.34. The summed E-state index contributed by atoms with van der Waals surface area (Å²) in [6.45, 7) is -8.93. The molecule has 2 aromatic carbocycles. The first-order valence-corrected chi connectivity index (χ1v) is 10.8. The molecule has 0 N–H and O–H groups in total. The van der Waals surface area contributed by atoms with Gasteiger partial charge in [0.15, 0.2) is 23.0 Å². The van der Waals surface area contributed by atoms with E-state index in [9.17, 15) is 4.79 Å². The number of benzene rings is 2. The number of ether oxygens (including phenoxy) is 4. The molecule has 34 heavy (non-hydrogen) atoms. The van der Waals surface area contributed by atoms with Crippen molar-refractivity contribution in [3.63, 3.8) is 0 Å². The molecule has 0 aromatic heterocycles. The standard InChI is InChI=1S/C27H36N2O5/c1-28(17-21-11-20-14-25(33-4)26(34-5)16-22(20)21)8-6-9-29-10-7-18-12-23(31-2)24(32-3)13-19(18)15-27(29)30/h12-14,16,21H,6-11,15,17H2,1-5H3/i1D3,4D3,5D3,8D2,17D2. The average molecular weight is 482 g/mol. The first-order valence-electron chi connectivity index (χ1n) is 17.3. The van der Waals surface area contributed by atoms with Gasteiger partial charge in [-0.3, -0.25) is 4.79 Å². The average Bonchev–Trinajstić information content (AvgIpc) is 3.04. The van der Waals surface area contributed by atoms with Crippen LogP contribution in [-0.2, 0) is 24.1 Å². The van der Waals surface area contributed by atoms with Crippen LogP contribution in [0.15, 0.2) is 24.3 Å². The van der Waals surface area contributed by atoms with Crippen LogP contribution < -0.4 is 18.9 Å². The van der Waals surface area contributed by atoms with Crippen molar-refractivity contribution in [1.29, 1.82) is 0 Å². The largest absolute Gasteiger partial charge is 0.493 e. The number of methoxy groups -OCH3 is 4. The molecule has 0 fully saturated rings. The van der Waals surface area contributed by atoms with E-state index in [4.69, 9.17) is 36.8 Å². The summed E-state index contributed by atoms with van der Waals surface area (Å²) in [5.41, 5.74) is 2.03. The summed E-state index contributed by atoms with van der Waals surface area (Å²) in [6.07, 6.45) is -0.263. The van der Waals surface area contributed by atoms with E-state index in [1.807, 2.05) is 0 Å². The van der Waals surface area contributed by atoms with Crippen LogP contribution in [0.4, 0.5) is 0 Å². The zero-order valence-electron chi connectivity index (χ0n) is 32.1. The highest BCUT2D eigenvalue weighted by Gasteiger charge is 2.29. The summed E-state index contributed by atoms with van der Waals surface area (Å²) in [7, 11) is -3.01. The molecule has 0 bridgehead atoms. The van der Waals surface area contributed by atoms with Crippen molar-refractivity contribution in [3.8, 4) is 23.0 Å². The zero-order chi connectivity index (χ0) is 35.3. The molecule has 0 saturated carbocycles. The SMILES string of the molecule is [2H]C([2H])([2H])Oc1cc2c(cc1OC([2H])([2H])[2H])C(C([2H])([2H])N(C([2H])([2H])[2H])C([2H])([2H])CCN1CCc3cc(OC)c(OC)cc3CC1=O)C2. The molecule has 184 valence electrons. The molecule has 1 aliphatic carbocycles. The van der Waals surface area contributed by atoms with Crippen molar-refractivity contribution >= 4 is 5.91 Å². The second-order valence-electron chi connectivity index (χ2n) is 8.11. The molecule has 2 aliphatic rings. The second-order valence-corrected chi connectivity index (χ2v) is 8.11. The molecule has 1 aliphatic heterocycles. The molecule has 4 rings (SSSR count). The smallest absolute Gasteiger partial charge is 0.227 e. The number of nitrogens with zero attached hydrogens (tertiary/aromatic N) is 2. The molecular weight excluding hydrogens is 432 g/mol. The Morgan fingerprint density at radius 3 is 2.38 bits per heavy atom. The summed E-state index contributed by atoms with van der Waals surface area (Å²) in [4.78, 5) is 14.8. The molecular formula is C27H36N2O5. The minimum absolute atomic E-state index is 0.00448. The van der Waals surface area contributed by atoms with E-state index >= 15 is 0 Å². The topological polar surface area (TPSA) is 60.5 Å². The lowest BCUT2D eigenvalue weighted by atomic mass is 9.77. The molecule has 7 heteroatoms. The van der Waals surface area contributed by atoms with Crippen molar-refractivity contribution in [1.82, 2.24) is 9.80 Å². The summed E-state index contributed by atoms with van der Waals surface area (Å²) in [6, 6.07) is 5.76. The van der Waals surface area contributed by atoms with Crippen LogP contribution in [0.25, 0.3) is 0 Å². The van der Waals surface area contributed by atoms with E-state index in [-0.39, 0.29) is 42.3 Å². The predicted molar refractivity (Wildman–Crippen MR) is 132 cm³/mol. The number of carbonyl (C=O) groups excluding carboxylic acids is 1. The van der Waals surface area contributed by atoms with Gasteiger partial charge in [-0.1, -0.05) is 0 Å². The molecule has 7 nitrogen and oxygen atoms in total. The van der Waals surface area contributed by atoms with Crippen LogP contribution in [0.3, 0.4) is 0 Å². The van der Waals surface area contributed by atoms with Crippen LogP contribution >= 0.6 is 0 Å². The minimum atomic E-state index is -3.28. The Bertz CT molecular complexity index is 1490. The third kappa shape index (κ3) is 4.94. The maximum atomic E-state index is 13.2. The van der Waals surface area contributed by atoms with Gasteiger partial charge in [-0.15, -0.1) is 0 Å². The summed E-state index contributed by atoms with van der Waals surface area (Å²) < 4.78 is 125. The maximum absolute atomic E-state index is 13.2. The van der Waals surface area contributed by atoms with E-state index in [2.05, 4.69) is 0 Å². The van der Waals surface area contributed by atoms with E-state index in [0.29, 0.717) is 23.5 Å². The lowest BCUT2D eigenvalue weighted by molar-refractivity contribution is -0.130. The fourth-order valence-electron chi connectivity index (χ4n) is 4.34. The Balaban J connectivity index is 1.58. The molecule has 1 amide bonds. The summed E-state index contributed by atoms with van der Waals surface area (Å²) in [5.74, 6) is -1.57. The van der Waals surface area contributed by atoms with Gasteiger partial charge in [0, 0.05) is 35.1 Å². The van der Waals surface area contributed by atoms with E-state index in [1.54, 1.807) is 12.1 Å². The zero-order valence-corrected chi connectivity index (χ0v) is 19.1. The van der Waals surface area contributed by atoms with Crippen LogP contribution in [0.2, 0.25) is 0 Å². The predicted octanol–water partition coefficient (Wildman–Crippen LogP) is 3.31. The normalized spacial score (nSPS) is 24.6. The third-order valence-corrected chi connectivity index (χ3v) is 6.21. The molecule has 1 heterocycles. The van der Waals surface area contributed by atoms with Crippen molar-refractivity contribution in [2.75, 3.05) is 61.4 Å². The van der Waals surface area contributed by atoms with Crippen LogP contribution in [0, 0.1) is 0 Å². The number of fused-ring (bicyclic) bond motifs is 2. The Labute approximate surface area is 220 Å². The van der Waals surface area contributed by atoms with Gasteiger partial charge in [-0.2, -0.15) is 0 Å². The van der Waals surface area contributed by atoms with Gasteiger partial charge in [-0.25, -0.2) is 0 Å². The third-order valence-electron chi connectivity index (χ3n) is 6.21. The second kappa shape index (κ2) is 10.6. The highest BCUT2D eigenvalue weighted by atomic mass is 16.5. The van der Waals surface area contributed by atoms with Crippen LogP contribution in [0.1, 0.15) is 52.4 Å². The van der Waals surface area contributed by atoms with E-state index in [1.165, 1.54) is 25.2 Å². The Kier molecular flexibility index (Phi) is 3.94. The number of carbonyl (C=O) groups is 1. The van der Waals surface area contributed by atoms with Gasteiger partial charge in [0.25, 0.3) is 0 Å². The molecule has 2 aromatic rings. The van der Waals surface area contributed by atoms with Gasteiger partial charge in [0.2, 0.25) is 5.91 Å². The molecule has 0 saturated heterocycles. The van der Waals surface area contributed by atoms with Gasteiger partial charge in [-0.05, 0) is 79.3 Å². The number of hydrogen-bond donors (Lipinski definition) is 0. The van der Waals surface area contributed by atoms with Crippen molar-refractivity contribution in [2.24, 2.45) is 0 Å². The number of likely N-dealkylation sites (N-methyl/N-ethyl adjacent to an activating group) is 1. The summed E-state index contributed by atoms with van der Waals surface area (Å²) >= 11 is 0. The molecule has 0 radical (unpaired) electrons. The Hall–Kier alpha value is -2.93. The minimum Gasteiger partial charge on any atom is -0.493 e. The van der Waals surface area contributed by atoms with Crippen molar-refractivity contribution in [3.05, 3.63) is 46.5 Å². The fraction of sp³-hybridized carbons (Fsp3) is 0.519. The maximum Gasteiger partial charge on any atom is 0.227 e.